The number of nitrogens with one attached hydrogen (secondary N) is 1. The molecule has 0 heterocycles. The zero-order valence-corrected chi connectivity index (χ0v) is 13.7. The van der Waals surface area contributed by atoms with Gasteiger partial charge in [-0.05, 0) is 69.3 Å². The molecule has 1 aliphatic carbocycles. The van der Waals surface area contributed by atoms with Gasteiger partial charge < -0.3 is 14.8 Å². The summed E-state index contributed by atoms with van der Waals surface area (Å²) >= 11 is 0. The summed E-state index contributed by atoms with van der Waals surface area (Å²) in [7, 11) is 0. The maximum absolute atomic E-state index is 5.80. The second-order valence-corrected chi connectivity index (χ2v) is 5.62. The van der Waals surface area contributed by atoms with E-state index in [1.165, 1.54) is 36.8 Å². The Morgan fingerprint density at radius 2 is 1.76 bits per heavy atom. The lowest BCUT2D eigenvalue weighted by molar-refractivity contribution is 0.286. The third-order valence-corrected chi connectivity index (χ3v) is 4.01. The van der Waals surface area contributed by atoms with Crippen LogP contribution in [0.4, 0.5) is 0 Å². The maximum atomic E-state index is 5.80. The smallest absolute Gasteiger partial charge is 0.161 e. The van der Waals surface area contributed by atoms with Crippen LogP contribution in [0.2, 0.25) is 0 Å². The van der Waals surface area contributed by atoms with Crippen LogP contribution in [0.25, 0.3) is 0 Å². The average Bonchev–Trinajstić information content (AvgIpc) is 2.68. The lowest BCUT2D eigenvalue weighted by Gasteiger charge is -2.21. The summed E-state index contributed by atoms with van der Waals surface area (Å²) in [6, 6.07) is 4.87. The minimum atomic E-state index is 0.456. The Bertz CT molecular complexity index is 445. The van der Waals surface area contributed by atoms with Gasteiger partial charge in [0.15, 0.2) is 11.5 Å². The Labute approximate surface area is 129 Å². The van der Waals surface area contributed by atoms with E-state index in [0.717, 1.165) is 24.5 Å². The van der Waals surface area contributed by atoms with Gasteiger partial charge in [0.2, 0.25) is 0 Å². The summed E-state index contributed by atoms with van der Waals surface area (Å²) in [6.07, 6.45) is 6.07. The first kappa shape index (κ1) is 16.2. The van der Waals surface area contributed by atoms with Gasteiger partial charge in [-0.3, -0.25) is 0 Å². The van der Waals surface area contributed by atoms with Crippen molar-refractivity contribution >= 4 is 0 Å². The highest BCUT2D eigenvalue weighted by Gasteiger charge is 2.21. The predicted molar refractivity (Wildman–Crippen MR) is 87.4 cm³/mol. The van der Waals surface area contributed by atoms with E-state index in [-0.39, 0.29) is 0 Å². The van der Waals surface area contributed by atoms with Gasteiger partial charge >= 0.3 is 0 Å². The van der Waals surface area contributed by atoms with E-state index in [4.69, 9.17) is 9.47 Å². The minimum Gasteiger partial charge on any atom is -0.490 e. The molecule has 1 N–H and O–H groups in total. The molecule has 0 radical (unpaired) electrons. The molecule has 0 amide bonds. The summed E-state index contributed by atoms with van der Waals surface area (Å²) < 4.78 is 11.6. The topological polar surface area (TPSA) is 30.5 Å². The molecule has 3 heteroatoms. The summed E-state index contributed by atoms with van der Waals surface area (Å²) in [6.45, 7) is 8.68. The van der Waals surface area contributed by atoms with Gasteiger partial charge in [-0.2, -0.15) is 0 Å². The highest BCUT2D eigenvalue weighted by Crippen LogP contribution is 2.37. The molecule has 21 heavy (non-hydrogen) atoms. The molecule has 0 aliphatic heterocycles. The number of rotatable bonds is 7. The van der Waals surface area contributed by atoms with Crippen LogP contribution in [0, 0.1) is 0 Å². The normalized spacial score (nSPS) is 18.0. The van der Waals surface area contributed by atoms with Gasteiger partial charge in [-0.15, -0.1) is 0 Å². The van der Waals surface area contributed by atoms with Crippen LogP contribution in [-0.4, -0.2) is 19.8 Å². The van der Waals surface area contributed by atoms with E-state index in [1.807, 2.05) is 13.8 Å². The third-order valence-electron chi connectivity index (χ3n) is 4.01. The van der Waals surface area contributed by atoms with E-state index < -0.39 is 0 Å². The van der Waals surface area contributed by atoms with Crippen molar-refractivity contribution in [3.05, 3.63) is 23.3 Å². The van der Waals surface area contributed by atoms with Crippen molar-refractivity contribution in [2.75, 3.05) is 19.8 Å². The van der Waals surface area contributed by atoms with E-state index in [0.29, 0.717) is 19.3 Å². The van der Waals surface area contributed by atoms with Crippen LogP contribution >= 0.6 is 0 Å². The molecular formula is C18H29NO2. The second-order valence-electron chi connectivity index (χ2n) is 5.62. The van der Waals surface area contributed by atoms with E-state index in [9.17, 15) is 0 Å². The molecule has 0 aromatic heterocycles. The number of ether oxygens (including phenoxy) is 2. The SMILES string of the molecule is CCCNC1CCCCc2cc(OCC)c(OCC)cc21. The molecule has 1 unspecified atom stereocenters. The quantitative estimate of drug-likeness (QED) is 0.762. The predicted octanol–water partition coefficient (Wildman–Crippen LogP) is 4.25. The van der Waals surface area contributed by atoms with Crippen molar-refractivity contribution in [2.24, 2.45) is 0 Å². The van der Waals surface area contributed by atoms with Crippen LogP contribution in [-0.2, 0) is 6.42 Å². The Hall–Kier alpha value is -1.22. The standard InChI is InChI=1S/C18H29NO2/c1-4-11-19-16-10-8-7-9-14-12-17(20-5-2)18(21-6-3)13-15(14)16/h12-13,16,19H,4-11H2,1-3H3. The fraction of sp³-hybridized carbons (Fsp3) is 0.667. The van der Waals surface area contributed by atoms with Gasteiger partial charge in [0, 0.05) is 6.04 Å². The lowest BCUT2D eigenvalue weighted by Crippen LogP contribution is -2.22. The fourth-order valence-corrected chi connectivity index (χ4v) is 3.05. The molecule has 1 aromatic carbocycles. The van der Waals surface area contributed by atoms with Gasteiger partial charge in [0.1, 0.15) is 0 Å². The first-order valence-corrected chi connectivity index (χ1v) is 8.45. The van der Waals surface area contributed by atoms with Gasteiger partial charge in [-0.25, -0.2) is 0 Å². The van der Waals surface area contributed by atoms with E-state index >= 15 is 0 Å². The molecule has 0 saturated heterocycles. The van der Waals surface area contributed by atoms with Crippen molar-refractivity contribution in [2.45, 2.75) is 58.9 Å². The highest BCUT2D eigenvalue weighted by molar-refractivity contribution is 5.49. The van der Waals surface area contributed by atoms with Gasteiger partial charge in [0.05, 0.1) is 13.2 Å². The molecule has 1 aromatic rings. The summed E-state index contributed by atoms with van der Waals surface area (Å²) in [4.78, 5) is 0. The molecule has 1 aliphatic rings. The van der Waals surface area contributed by atoms with Crippen molar-refractivity contribution in [1.29, 1.82) is 0 Å². The van der Waals surface area contributed by atoms with Crippen molar-refractivity contribution < 1.29 is 9.47 Å². The first-order chi connectivity index (χ1) is 10.3. The maximum Gasteiger partial charge on any atom is 0.161 e. The Morgan fingerprint density at radius 1 is 1.05 bits per heavy atom. The van der Waals surface area contributed by atoms with Crippen molar-refractivity contribution in [1.82, 2.24) is 5.32 Å². The molecule has 3 nitrogen and oxygen atoms in total. The van der Waals surface area contributed by atoms with Crippen LogP contribution in [0.3, 0.4) is 0 Å². The Balaban J connectivity index is 2.34. The monoisotopic (exact) mass is 291 g/mol. The van der Waals surface area contributed by atoms with Crippen LogP contribution in [0.5, 0.6) is 11.5 Å². The average molecular weight is 291 g/mol. The third kappa shape index (κ3) is 4.13. The second kappa shape index (κ2) is 8.28. The van der Waals surface area contributed by atoms with Gasteiger partial charge in [-0.1, -0.05) is 13.3 Å². The van der Waals surface area contributed by atoms with E-state index in [2.05, 4.69) is 24.4 Å². The zero-order chi connectivity index (χ0) is 15.1. The molecule has 2 rings (SSSR count). The van der Waals surface area contributed by atoms with Gasteiger partial charge in [0.25, 0.3) is 0 Å². The first-order valence-electron chi connectivity index (χ1n) is 8.45. The van der Waals surface area contributed by atoms with Crippen LogP contribution in [0.15, 0.2) is 12.1 Å². The summed E-state index contributed by atoms with van der Waals surface area (Å²) in [5, 5.41) is 3.69. The molecule has 0 spiro atoms. The van der Waals surface area contributed by atoms with Crippen LogP contribution in [0.1, 0.15) is 63.6 Å². The molecule has 0 saturated carbocycles. The number of benzene rings is 1. The number of hydrogen-bond acceptors (Lipinski definition) is 3. The number of aryl methyl sites for hydroxylation is 1. The Kier molecular flexibility index (Phi) is 6.37. The van der Waals surface area contributed by atoms with E-state index in [1.54, 1.807) is 0 Å². The molecule has 0 fully saturated rings. The zero-order valence-electron chi connectivity index (χ0n) is 13.7. The summed E-state index contributed by atoms with van der Waals surface area (Å²) in [5.41, 5.74) is 2.83. The molecule has 118 valence electrons. The van der Waals surface area contributed by atoms with Crippen LogP contribution < -0.4 is 14.8 Å². The molecule has 1 atom stereocenters. The molecular weight excluding hydrogens is 262 g/mol. The summed E-state index contributed by atoms with van der Waals surface area (Å²) in [5.74, 6) is 1.79. The Morgan fingerprint density at radius 3 is 2.43 bits per heavy atom. The lowest BCUT2D eigenvalue weighted by atomic mass is 9.98. The fourth-order valence-electron chi connectivity index (χ4n) is 3.05. The highest BCUT2D eigenvalue weighted by atomic mass is 16.5. The van der Waals surface area contributed by atoms with Crippen molar-refractivity contribution in [3.8, 4) is 11.5 Å². The molecule has 0 bridgehead atoms. The minimum absolute atomic E-state index is 0.456. The largest absolute Gasteiger partial charge is 0.490 e. The van der Waals surface area contributed by atoms with Crippen molar-refractivity contribution in [3.63, 3.8) is 0 Å². The number of fused-ring (bicyclic) bond motifs is 1. The number of hydrogen-bond donors (Lipinski definition) is 1.